The molecule has 2 aromatic heterocycles. The number of rotatable bonds is 5. The van der Waals surface area contributed by atoms with Gasteiger partial charge in [-0.2, -0.15) is 0 Å². The van der Waals surface area contributed by atoms with E-state index < -0.39 is 5.76 Å². The van der Waals surface area contributed by atoms with Crippen molar-refractivity contribution >= 4 is 33.5 Å². The number of hydrogen-bond acceptors (Lipinski definition) is 5. The van der Waals surface area contributed by atoms with Crippen molar-refractivity contribution in [2.75, 3.05) is 11.9 Å². The molecular weight excluding hydrogens is 400 g/mol. The van der Waals surface area contributed by atoms with E-state index in [2.05, 4.69) is 34.6 Å². The van der Waals surface area contributed by atoms with Gasteiger partial charge in [-0.3, -0.25) is 9.36 Å². The molecule has 0 saturated heterocycles. The molecule has 1 aliphatic heterocycles. The Labute approximate surface area is 176 Å². The Morgan fingerprint density at radius 2 is 1.97 bits per heavy atom. The van der Waals surface area contributed by atoms with Crippen LogP contribution in [0.15, 0.2) is 63.8 Å². The Bertz CT molecular complexity index is 1260. The van der Waals surface area contributed by atoms with Crippen molar-refractivity contribution in [3.63, 3.8) is 0 Å². The molecule has 0 spiro atoms. The summed E-state index contributed by atoms with van der Waals surface area (Å²) in [6.07, 6.45) is 0.899. The molecule has 0 bridgehead atoms. The van der Waals surface area contributed by atoms with Crippen LogP contribution in [0.2, 0.25) is 0 Å². The van der Waals surface area contributed by atoms with Gasteiger partial charge in [0.05, 0.1) is 22.6 Å². The van der Waals surface area contributed by atoms with Gasteiger partial charge >= 0.3 is 5.76 Å². The fourth-order valence-corrected chi connectivity index (χ4v) is 4.98. The van der Waals surface area contributed by atoms with Crippen LogP contribution in [0.1, 0.15) is 16.1 Å². The molecule has 2 N–H and O–H groups in total. The van der Waals surface area contributed by atoms with Crippen LogP contribution in [0, 0.1) is 0 Å². The average Bonchev–Trinajstić information content (AvgIpc) is 3.28. The monoisotopic (exact) mass is 421 g/mol. The molecule has 0 aliphatic carbocycles. The molecule has 1 amide bonds. The molecule has 152 valence electrons. The van der Waals surface area contributed by atoms with E-state index in [0.717, 1.165) is 31.7 Å². The quantitative estimate of drug-likeness (QED) is 0.515. The number of quaternary nitrogens is 1. The summed E-state index contributed by atoms with van der Waals surface area (Å²) in [6, 6.07) is 17.6. The van der Waals surface area contributed by atoms with Crippen LogP contribution in [-0.2, 0) is 30.8 Å². The van der Waals surface area contributed by atoms with Gasteiger partial charge in [0.2, 0.25) is 5.91 Å². The number of carbonyl (C=O) groups is 1. The van der Waals surface area contributed by atoms with E-state index >= 15 is 0 Å². The predicted molar refractivity (Wildman–Crippen MR) is 115 cm³/mol. The first-order valence-electron chi connectivity index (χ1n) is 9.90. The first-order chi connectivity index (χ1) is 14.7. The second-order valence-electron chi connectivity index (χ2n) is 7.45. The zero-order valence-corrected chi connectivity index (χ0v) is 17.1. The van der Waals surface area contributed by atoms with Crippen molar-refractivity contribution in [2.24, 2.45) is 0 Å². The van der Waals surface area contributed by atoms with Crippen LogP contribution in [0.5, 0.6) is 0 Å². The molecule has 0 fully saturated rings. The minimum Gasteiger partial charge on any atom is -0.408 e. The largest absolute Gasteiger partial charge is 0.420 e. The molecule has 5 rings (SSSR count). The lowest BCUT2D eigenvalue weighted by molar-refractivity contribution is -0.929. The van der Waals surface area contributed by atoms with Gasteiger partial charge in [-0.25, -0.2) is 9.78 Å². The van der Waals surface area contributed by atoms with Gasteiger partial charge in [-0.15, -0.1) is 0 Å². The van der Waals surface area contributed by atoms with Crippen molar-refractivity contribution in [3.8, 4) is 0 Å². The highest BCUT2D eigenvalue weighted by molar-refractivity contribution is 7.15. The average molecular weight is 422 g/mol. The summed E-state index contributed by atoms with van der Waals surface area (Å²) in [5, 5.41) is 3.44. The topological polar surface area (TPSA) is 81.6 Å². The number of nitrogens with one attached hydrogen (secondary N) is 2. The number of amides is 1. The van der Waals surface area contributed by atoms with Gasteiger partial charge in [0.15, 0.2) is 10.7 Å². The lowest BCUT2D eigenvalue weighted by atomic mass is 10.1. The molecule has 4 aromatic rings. The van der Waals surface area contributed by atoms with E-state index in [4.69, 9.17) is 4.42 Å². The summed E-state index contributed by atoms with van der Waals surface area (Å²) < 4.78 is 6.53. The van der Waals surface area contributed by atoms with Gasteiger partial charge in [-0.1, -0.05) is 53.8 Å². The Morgan fingerprint density at radius 1 is 1.17 bits per heavy atom. The molecule has 1 aliphatic rings. The Kier molecular flexibility index (Phi) is 4.94. The second kappa shape index (κ2) is 7.89. The van der Waals surface area contributed by atoms with Crippen molar-refractivity contribution in [1.82, 2.24) is 9.55 Å². The number of hydrogen-bond donors (Lipinski definition) is 2. The molecule has 1 atom stereocenters. The van der Waals surface area contributed by atoms with Gasteiger partial charge in [0.1, 0.15) is 19.6 Å². The molecule has 2 aromatic carbocycles. The molecule has 7 nitrogen and oxygen atoms in total. The maximum atomic E-state index is 12.5. The second-order valence-corrected chi connectivity index (χ2v) is 8.53. The lowest BCUT2D eigenvalue weighted by Gasteiger charge is -2.22. The number of aromatic nitrogens is 2. The minimum absolute atomic E-state index is 0.106. The van der Waals surface area contributed by atoms with Crippen molar-refractivity contribution < 1.29 is 14.1 Å². The standard InChI is InChI=1S/C22H20N4O3S/c27-20(14-26-17-8-4-5-9-18(17)29-22(26)28)24-21-23-16-10-11-25(13-19(16)30-21)12-15-6-2-1-3-7-15/h1-9H,10-14H2,(H,23,24,27)/p+1. The smallest absolute Gasteiger partial charge is 0.408 e. The summed E-state index contributed by atoms with van der Waals surface area (Å²) in [5.74, 6) is -0.826. The zero-order valence-electron chi connectivity index (χ0n) is 16.3. The molecule has 0 radical (unpaired) electrons. The van der Waals surface area contributed by atoms with Crippen molar-refractivity contribution in [2.45, 2.75) is 26.1 Å². The number of para-hydroxylation sites is 2. The van der Waals surface area contributed by atoms with E-state index in [1.54, 1.807) is 18.2 Å². The van der Waals surface area contributed by atoms with Crippen LogP contribution >= 0.6 is 11.3 Å². The molecule has 30 heavy (non-hydrogen) atoms. The highest BCUT2D eigenvalue weighted by Gasteiger charge is 2.24. The molecule has 0 saturated carbocycles. The van der Waals surface area contributed by atoms with Crippen molar-refractivity contribution in [3.05, 3.63) is 81.3 Å². The van der Waals surface area contributed by atoms with E-state index in [-0.39, 0.29) is 12.5 Å². The van der Waals surface area contributed by atoms with Crippen LogP contribution in [0.3, 0.4) is 0 Å². The van der Waals surface area contributed by atoms with Crippen molar-refractivity contribution in [1.29, 1.82) is 0 Å². The summed E-state index contributed by atoms with van der Waals surface area (Å²) in [4.78, 5) is 31.9. The summed E-state index contributed by atoms with van der Waals surface area (Å²) in [5.41, 5.74) is 3.47. The Hall–Kier alpha value is -3.23. The Balaban J connectivity index is 1.26. The van der Waals surface area contributed by atoms with Gasteiger partial charge in [-0.05, 0) is 12.1 Å². The Morgan fingerprint density at radius 3 is 2.83 bits per heavy atom. The van der Waals surface area contributed by atoms with Gasteiger partial charge < -0.3 is 14.6 Å². The number of thiazole rings is 1. The first-order valence-corrected chi connectivity index (χ1v) is 10.7. The number of fused-ring (bicyclic) bond motifs is 2. The third kappa shape index (κ3) is 3.79. The normalized spacial score (nSPS) is 15.8. The fraction of sp³-hybridized carbons (Fsp3) is 0.227. The number of oxazole rings is 1. The van der Waals surface area contributed by atoms with Crippen LogP contribution < -0.4 is 16.0 Å². The van der Waals surface area contributed by atoms with E-state index in [1.165, 1.54) is 31.2 Å². The maximum Gasteiger partial charge on any atom is 0.420 e. The maximum absolute atomic E-state index is 12.5. The number of benzene rings is 2. The molecule has 3 heterocycles. The number of carbonyl (C=O) groups excluding carboxylic acids is 1. The van der Waals surface area contributed by atoms with Crippen LogP contribution in [0.4, 0.5) is 5.13 Å². The van der Waals surface area contributed by atoms with Gasteiger partial charge in [0, 0.05) is 12.0 Å². The summed E-state index contributed by atoms with van der Waals surface area (Å²) in [6.45, 7) is 2.81. The molecular formula is C22H21N4O3S+. The third-order valence-electron chi connectivity index (χ3n) is 5.32. The predicted octanol–water partition coefficient (Wildman–Crippen LogP) is 1.83. The van der Waals surface area contributed by atoms with Gasteiger partial charge in [0.25, 0.3) is 0 Å². The molecule has 8 heteroatoms. The number of anilines is 1. The van der Waals surface area contributed by atoms with E-state index in [1.807, 2.05) is 12.1 Å². The summed E-state index contributed by atoms with van der Waals surface area (Å²) >= 11 is 1.52. The van der Waals surface area contributed by atoms with Crippen LogP contribution in [0.25, 0.3) is 11.1 Å². The highest BCUT2D eigenvalue weighted by atomic mass is 32.1. The highest BCUT2D eigenvalue weighted by Crippen LogP contribution is 2.24. The fourth-order valence-electron chi connectivity index (χ4n) is 3.88. The zero-order chi connectivity index (χ0) is 20.5. The lowest BCUT2D eigenvalue weighted by Crippen LogP contribution is -3.10. The summed E-state index contributed by atoms with van der Waals surface area (Å²) in [7, 11) is 0. The van der Waals surface area contributed by atoms with E-state index in [0.29, 0.717) is 16.2 Å². The third-order valence-corrected chi connectivity index (χ3v) is 6.34. The first kappa shape index (κ1) is 18.8. The van der Waals surface area contributed by atoms with E-state index in [9.17, 15) is 9.59 Å². The number of nitrogens with zero attached hydrogens (tertiary/aromatic N) is 2. The van der Waals surface area contributed by atoms with Crippen LogP contribution in [-0.4, -0.2) is 22.0 Å². The SMILES string of the molecule is O=C(Cn1c(=O)oc2ccccc21)Nc1nc2c(s1)C[NH+](Cc1ccccc1)CC2. The molecule has 1 unspecified atom stereocenters. The minimum atomic E-state index is -0.537.